The Morgan fingerprint density at radius 3 is 1.33 bits per heavy atom. The van der Waals surface area contributed by atoms with E-state index < -0.39 is 188 Å². The first-order valence-electron chi connectivity index (χ1n) is 32.3. The van der Waals surface area contributed by atoms with Crippen LogP contribution in [0.3, 0.4) is 0 Å². The molecule has 524 valence electrons. The zero-order chi connectivity index (χ0) is 66.2. The number of aliphatic hydroxyl groups is 14. The van der Waals surface area contributed by atoms with Crippen LogP contribution in [0.4, 0.5) is 0 Å². The number of aliphatic hydroxyl groups excluding tert-OH is 14. The van der Waals surface area contributed by atoms with Crippen LogP contribution in [0.2, 0.25) is 0 Å². The molecule has 4 rings (SSSR count). The van der Waals surface area contributed by atoms with Crippen LogP contribution < -0.4 is 0 Å². The number of phosphoric acid groups is 1. The van der Waals surface area contributed by atoms with Crippen molar-refractivity contribution in [2.75, 3.05) is 33.0 Å². The zero-order valence-corrected chi connectivity index (χ0v) is 53.0. The number of carbonyl (C=O) groups excluding carboxylic acids is 2. The van der Waals surface area contributed by atoms with Crippen LogP contribution in [0.25, 0.3) is 0 Å². The topological polar surface area (TPSA) is 447 Å². The highest BCUT2D eigenvalue weighted by atomic mass is 31.2. The van der Waals surface area contributed by atoms with Gasteiger partial charge >= 0.3 is 19.8 Å². The van der Waals surface area contributed by atoms with Crippen molar-refractivity contribution in [3.63, 3.8) is 0 Å². The van der Waals surface area contributed by atoms with E-state index >= 15 is 0 Å². The predicted molar refractivity (Wildman–Crippen MR) is 319 cm³/mol. The van der Waals surface area contributed by atoms with Crippen LogP contribution in [0, 0.1) is 0 Å². The number of hydrogen-bond donors (Lipinski definition) is 15. The van der Waals surface area contributed by atoms with Gasteiger partial charge in [0.1, 0.15) is 116 Å². The van der Waals surface area contributed by atoms with Crippen LogP contribution in [0.1, 0.15) is 168 Å². The lowest BCUT2D eigenvalue weighted by atomic mass is 9.84. The third-order valence-corrected chi connectivity index (χ3v) is 17.3. The quantitative estimate of drug-likeness (QED) is 0.0177. The lowest BCUT2D eigenvalue weighted by Crippen LogP contribution is -2.69. The number of allylic oxidation sites excluding steroid dienone is 6. The molecular formula is C61H107O28P. The van der Waals surface area contributed by atoms with E-state index in [1.54, 1.807) is 0 Å². The summed E-state index contributed by atoms with van der Waals surface area (Å²) in [6.45, 7) is -0.0245. The summed E-state index contributed by atoms with van der Waals surface area (Å²) in [5.41, 5.74) is 0. The Hall–Kier alpha value is -2.53. The van der Waals surface area contributed by atoms with Gasteiger partial charge in [-0.3, -0.25) is 18.6 Å². The van der Waals surface area contributed by atoms with Crippen molar-refractivity contribution in [3.05, 3.63) is 36.5 Å². The van der Waals surface area contributed by atoms with Crippen LogP contribution >= 0.6 is 7.82 Å². The van der Waals surface area contributed by atoms with Gasteiger partial charge in [-0.25, -0.2) is 4.57 Å². The number of phosphoric ester groups is 1. The number of unbranched alkanes of at least 4 members (excludes halogenated alkanes) is 17. The number of hydrogen-bond acceptors (Lipinski definition) is 27. The van der Waals surface area contributed by atoms with Gasteiger partial charge in [-0.05, 0) is 70.6 Å². The molecule has 3 saturated heterocycles. The zero-order valence-electron chi connectivity index (χ0n) is 52.1. The highest BCUT2D eigenvalue weighted by Gasteiger charge is 2.58. The van der Waals surface area contributed by atoms with Crippen LogP contribution in [0.15, 0.2) is 36.5 Å². The van der Waals surface area contributed by atoms with Gasteiger partial charge < -0.3 is 114 Å². The molecule has 1 aliphatic carbocycles. The fourth-order valence-corrected chi connectivity index (χ4v) is 11.7. The van der Waals surface area contributed by atoms with Crippen LogP contribution in [0.5, 0.6) is 0 Å². The molecule has 0 radical (unpaired) electrons. The minimum atomic E-state index is -5.76. The van der Waals surface area contributed by atoms with Gasteiger partial charge in [0.15, 0.2) is 25.0 Å². The Labute approximate surface area is 527 Å². The minimum Gasteiger partial charge on any atom is -0.462 e. The Morgan fingerprint density at radius 2 is 0.833 bits per heavy atom. The van der Waals surface area contributed by atoms with Crippen LogP contribution in [-0.2, 0) is 61.1 Å². The second-order valence-electron chi connectivity index (χ2n) is 23.7. The molecule has 0 amide bonds. The fraction of sp³-hybridized carbons (Fsp3) is 0.869. The molecule has 0 spiro atoms. The Balaban J connectivity index is 1.50. The molecule has 90 heavy (non-hydrogen) atoms. The van der Waals surface area contributed by atoms with E-state index in [0.717, 1.165) is 83.5 Å². The molecule has 15 N–H and O–H groups in total. The first kappa shape index (κ1) is 79.9. The molecule has 10 unspecified atom stereocenters. The number of esters is 2. The molecule has 28 nitrogen and oxygen atoms in total. The molecule has 1 saturated carbocycles. The Kier molecular flexibility index (Phi) is 38.6. The van der Waals surface area contributed by atoms with Crippen molar-refractivity contribution in [2.24, 2.45) is 0 Å². The summed E-state index contributed by atoms with van der Waals surface area (Å²) >= 11 is 0. The third kappa shape index (κ3) is 26.9. The highest BCUT2D eigenvalue weighted by Crippen LogP contribution is 2.49. The molecule has 29 heteroatoms. The first-order valence-corrected chi connectivity index (χ1v) is 33.8. The number of carbonyl (C=O) groups is 2. The SMILES string of the molecule is CCCCC/C=C\C/C=C\CCCCCCCC(=O)OC[C@H](COP(=O)(O)O[C@@H]1C(O[C@@H]2OC(CO[C@@H]3OC(CO)[C@H](O)C(O)[C@@H]3O)[C@H](O)C(O)[C@@H]2O)C(O)[C@@H](O)C(O)[C@H]1O[C@H]1OC(CO)[C@@H](O)C(O)[C@H]1O)OC(=O)CCCCCCC/C=C\CCCCCC. The fourth-order valence-electron chi connectivity index (χ4n) is 10.7. The van der Waals surface area contributed by atoms with Gasteiger partial charge in [-0.1, -0.05) is 121 Å². The van der Waals surface area contributed by atoms with Gasteiger partial charge in [0.05, 0.1) is 26.4 Å². The Morgan fingerprint density at radius 1 is 0.444 bits per heavy atom. The monoisotopic (exact) mass is 1320 g/mol. The van der Waals surface area contributed by atoms with Gasteiger partial charge in [-0.2, -0.15) is 0 Å². The molecule has 0 bridgehead atoms. The Bertz CT molecular complexity index is 2090. The van der Waals surface area contributed by atoms with Crippen molar-refractivity contribution in [3.8, 4) is 0 Å². The molecule has 4 aliphatic rings. The average Bonchev–Trinajstić information content (AvgIpc) is 0.786. The molecule has 0 aromatic rings. The van der Waals surface area contributed by atoms with Crippen LogP contribution in [-0.4, -0.2) is 256 Å². The second kappa shape index (κ2) is 43.5. The lowest BCUT2D eigenvalue weighted by molar-refractivity contribution is -0.364. The standard InChI is InChI=1S/C61H107O28P/c1-3-5-7-9-11-13-15-17-18-20-21-23-25-27-29-31-42(64)80-35-38(83-43(65)32-30-28-26-24-22-19-16-14-12-10-8-6-4-2)36-82-90(78,79)89-58-56(87-60-54(76)48(70)45(67)40(34-63)85-60)51(73)50(72)52(74)57(58)88-61-55(77)49(71)46(68)41(86-61)37-81-59-53(75)47(69)44(66)39(33-62)84-59/h11,13-14,16-18,38-41,44-63,66-77H,3-10,12,15,19-37H2,1-2H3,(H,78,79)/b13-11-,16-14-,18-17-/t38-,39?,40?,41?,44+,45-,46+,47?,48?,49?,50+,51?,52?,53+,54-,55+,56-,57?,58+,59-,60-,61+/m1/s1. The first-order chi connectivity index (χ1) is 43.1. The summed E-state index contributed by atoms with van der Waals surface area (Å²) in [4.78, 5) is 37.9. The molecule has 4 fully saturated rings. The second-order valence-corrected chi connectivity index (χ2v) is 25.1. The van der Waals surface area contributed by atoms with Crippen molar-refractivity contribution in [1.82, 2.24) is 0 Å². The normalized spacial score (nSPS) is 34.5. The van der Waals surface area contributed by atoms with E-state index in [1.165, 1.54) is 38.5 Å². The number of rotatable bonds is 44. The predicted octanol–water partition coefficient (Wildman–Crippen LogP) is 1.31. The van der Waals surface area contributed by atoms with E-state index in [9.17, 15) is 90.5 Å². The van der Waals surface area contributed by atoms with E-state index in [4.69, 9.17) is 46.9 Å². The number of ether oxygens (including phenoxy) is 8. The van der Waals surface area contributed by atoms with Crippen molar-refractivity contribution in [2.45, 2.75) is 303 Å². The van der Waals surface area contributed by atoms with Gasteiger partial charge in [0.25, 0.3) is 0 Å². The summed E-state index contributed by atoms with van der Waals surface area (Å²) in [5.74, 6) is -1.43. The van der Waals surface area contributed by atoms with Crippen molar-refractivity contribution < 1.29 is 137 Å². The summed E-state index contributed by atoms with van der Waals surface area (Å²) in [6, 6.07) is 0. The van der Waals surface area contributed by atoms with E-state index in [-0.39, 0.29) is 12.8 Å². The summed E-state index contributed by atoms with van der Waals surface area (Å²) in [7, 11) is -5.76. The largest absolute Gasteiger partial charge is 0.472 e. The van der Waals surface area contributed by atoms with Gasteiger partial charge in [0, 0.05) is 12.8 Å². The average molecular weight is 1320 g/mol. The third-order valence-electron chi connectivity index (χ3n) is 16.3. The highest BCUT2D eigenvalue weighted by molar-refractivity contribution is 7.47. The maximum atomic E-state index is 14.3. The molecule has 23 atom stereocenters. The lowest BCUT2D eigenvalue weighted by Gasteiger charge is -2.49. The maximum Gasteiger partial charge on any atom is 0.472 e. The van der Waals surface area contributed by atoms with E-state index in [0.29, 0.717) is 19.3 Å². The van der Waals surface area contributed by atoms with E-state index in [2.05, 4.69) is 50.3 Å². The summed E-state index contributed by atoms with van der Waals surface area (Å²) in [6.07, 6.45) is -11.4. The molecular weight excluding hydrogens is 1210 g/mol. The molecule has 3 heterocycles. The van der Waals surface area contributed by atoms with Crippen molar-refractivity contribution >= 4 is 19.8 Å². The van der Waals surface area contributed by atoms with Gasteiger partial charge in [0.2, 0.25) is 0 Å². The summed E-state index contributed by atoms with van der Waals surface area (Å²) < 4.78 is 69.8. The smallest absolute Gasteiger partial charge is 0.462 e. The molecule has 0 aromatic heterocycles. The van der Waals surface area contributed by atoms with Gasteiger partial charge in [-0.15, -0.1) is 0 Å². The molecule has 3 aliphatic heterocycles. The maximum absolute atomic E-state index is 14.3. The molecule has 0 aromatic carbocycles. The van der Waals surface area contributed by atoms with Crippen molar-refractivity contribution in [1.29, 1.82) is 0 Å². The summed E-state index contributed by atoms with van der Waals surface area (Å²) in [5, 5.41) is 150. The minimum absolute atomic E-state index is 0.000800. The van der Waals surface area contributed by atoms with E-state index in [1.807, 2.05) is 0 Å².